The van der Waals surface area contributed by atoms with Gasteiger partial charge in [0.1, 0.15) is 5.82 Å². The van der Waals surface area contributed by atoms with E-state index in [1.165, 1.54) is 11.1 Å². The van der Waals surface area contributed by atoms with Crippen LogP contribution in [0.2, 0.25) is 10.0 Å². The molecule has 2 aliphatic heterocycles. The minimum atomic E-state index is -1.53. The molecule has 0 saturated carbocycles. The molecular weight excluding hydrogens is 585 g/mol. The highest BCUT2D eigenvalue weighted by Gasteiger charge is 2.57. The number of carboxylic acids is 2. The average Bonchev–Trinajstić information content (AvgIpc) is 3.00. The first-order chi connectivity index (χ1) is 20.6. The minimum Gasteiger partial charge on any atom is -0.481 e. The summed E-state index contributed by atoms with van der Waals surface area (Å²) in [6, 6.07) is 25.5. The first-order valence-electron chi connectivity index (χ1n) is 14.6. The molecule has 0 spiro atoms. The zero-order chi connectivity index (χ0) is 30.8. The van der Waals surface area contributed by atoms with Crippen LogP contribution in [0.5, 0.6) is 0 Å². The molecule has 1 fully saturated rings. The third-order valence-electron chi connectivity index (χ3n) is 9.59. The van der Waals surface area contributed by atoms with E-state index in [1.54, 1.807) is 25.1 Å². The van der Waals surface area contributed by atoms with E-state index in [0.717, 1.165) is 25.9 Å². The van der Waals surface area contributed by atoms with E-state index in [1.807, 2.05) is 12.1 Å². The van der Waals surface area contributed by atoms with Crippen LogP contribution in [0.25, 0.3) is 0 Å². The van der Waals surface area contributed by atoms with Gasteiger partial charge >= 0.3 is 11.9 Å². The number of piperidine rings is 1. The second-order valence-electron chi connectivity index (χ2n) is 11.7. The van der Waals surface area contributed by atoms with Crippen LogP contribution in [0.3, 0.4) is 0 Å². The molecule has 1 saturated heterocycles. The average molecular weight is 623 g/mol. The monoisotopic (exact) mass is 621 g/mol. The Hall–Kier alpha value is -3.52. The lowest BCUT2D eigenvalue weighted by atomic mass is 9.60. The van der Waals surface area contributed by atoms with Gasteiger partial charge in [0.15, 0.2) is 0 Å². The van der Waals surface area contributed by atoms with Crippen LogP contribution in [-0.4, -0.2) is 52.7 Å². The summed E-state index contributed by atoms with van der Waals surface area (Å²) < 4.78 is 0. The molecule has 3 unspecified atom stereocenters. The number of carboxylic acid groups (broad SMARTS) is 2. The zero-order valence-corrected chi connectivity index (χ0v) is 25.6. The topological polar surface area (TPSA) is 116 Å². The fraction of sp³-hybridized carbons (Fsp3) is 0.353. The van der Waals surface area contributed by atoms with E-state index in [9.17, 15) is 19.8 Å². The summed E-state index contributed by atoms with van der Waals surface area (Å²) >= 11 is 12.9. The number of hydrogen-bond donors (Lipinski definition) is 4. The predicted molar refractivity (Wildman–Crippen MR) is 169 cm³/mol. The molecule has 3 atom stereocenters. The molecule has 2 aliphatic rings. The molecule has 3 aromatic carbocycles. The summed E-state index contributed by atoms with van der Waals surface area (Å²) in [6.07, 6.45) is 2.63. The fourth-order valence-corrected chi connectivity index (χ4v) is 7.72. The maximum Gasteiger partial charge on any atom is 0.335 e. The highest BCUT2D eigenvalue weighted by Crippen LogP contribution is 2.53. The number of halogens is 2. The number of likely N-dealkylation sites (tertiary alicyclic amines) is 1. The van der Waals surface area contributed by atoms with Crippen LogP contribution in [0.4, 0.5) is 0 Å². The Balaban J connectivity index is 1.40. The van der Waals surface area contributed by atoms with Crippen molar-refractivity contribution in [3.05, 3.63) is 117 Å². The number of hydrogen-bond acceptors (Lipinski definition) is 5. The lowest BCUT2D eigenvalue weighted by Crippen LogP contribution is -2.58. The predicted octanol–water partition coefficient (Wildman–Crippen LogP) is 6.26. The fourth-order valence-electron chi connectivity index (χ4n) is 7.31. The number of nitrogens with two attached hydrogens (primary N) is 1. The summed E-state index contributed by atoms with van der Waals surface area (Å²) in [7, 11) is 0. The summed E-state index contributed by atoms with van der Waals surface area (Å²) in [6.45, 7) is 4.13. The molecule has 3 aromatic rings. The van der Waals surface area contributed by atoms with Gasteiger partial charge in [0.2, 0.25) is 0 Å². The molecule has 226 valence electrons. The Morgan fingerprint density at radius 2 is 1.51 bits per heavy atom. The van der Waals surface area contributed by atoms with Crippen LogP contribution in [-0.2, 0) is 15.0 Å². The van der Waals surface area contributed by atoms with Gasteiger partial charge in [-0.3, -0.25) is 4.79 Å². The van der Waals surface area contributed by atoms with Gasteiger partial charge in [-0.1, -0.05) is 96.0 Å². The van der Waals surface area contributed by atoms with Gasteiger partial charge < -0.3 is 26.2 Å². The molecule has 0 bridgehead atoms. The Labute approximate surface area is 262 Å². The molecule has 43 heavy (non-hydrogen) atoms. The van der Waals surface area contributed by atoms with E-state index >= 15 is 0 Å². The smallest absolute Gasteiger partial charge is 0.335 e. The van der Waals surface area contributed by atoms with Gasteiger partial charge in [-0.2, -0.15) is 0 Å². The van der Waals surface area contributed by atoms with E-state index in [-0.39, 0.29) is 33.3 Å². The Kier molecular flexibility index (Phi) is 9.07. The van der Waals surface area contributed by atoms with Crippen molar-refractivity contribution in [1.82, 2.24) is 10.2 Å². The zero-order valence-electron chi connectivity index (χ0n) is 24.1. The van der Waals surface area contributed by atoms with Crippen molar-refractivity contribution >= 4 is 35.1 Å². The normalized spacial score (nSPS) is 23.9. The molecule has 9 heteroatoms. The van der Waals surface area contributed by atoms with Crippen LogP contribution in [0.15, 0.2) is 90.3 Å². The quantitative estimate of drug-likeness (QED) is 0.223. The molecular formula is C34H37Cl2N3O4. The Morgan fingerprint density at radius 1 is 0.930 bits per heavy atom. The molecule has 0 aromatic heterocycles. The number of aliphatic carboxylic acids is 2. The van der Waals surface area contributed by atoms with Crippen LogP contribution in [0.1, 0.15) is 55.2 Å². The highest BCUT2D eigenvalue weighted by molar-refractivity contribution is 6.42. The molecule has 7 nitrogen and oxygen atoms in total. The number of rotatable bonds is 9. The number of nitrogens with zero attached hydrogens (tertiary/aromatic N) is 1. The largest absolute Gasteiger partial charge is 0.481 e. The van der Waals surface area contributed by atoms with Crippen LogP contribution in [0, 0.1) is 5.41 Å². The Morgan fingerprint density at radius 3 is 2.05 bits per heavy atom. The summed E-state index contributed by atoms with van der Waals surface area (Å²) in [5.74, 6) is -3.56. The second kappa shape index (κ2) is 12.6. The van der Waals surface area contributed by atoms with Gasteiger partial charge in [-0.25, -0.2) is 4.79 Å². The lowest BCUT2D eigenvalue weighted by molar-refractivity contribution is -0.153. The van der Waals surface area contributed by atoms with Crippen molar-refractivity contribution in [2.45, 2.75) is 50.0 Å². The van der Waals surface area contributed by atoms with Gasteiger partial charge in [0.25, 0.3) is 0 Å². The number of nitrogens with one attached hydrogen (secondary N) is 1. The third-order valence-corrected chi connectivity index (χ3v) is 10.4. The summed E-state index contributed by atoms with van der Waals surface area (Å²) in [5, 5.41) is 24.3. The van der Waals surface area contributed by atoms with E-state index in [4.69, 9.17) is 28.9 Å². The number of benzene rings is 3. The van der Waals surface area contributed by atoms with Gasteiger partial charge in [-0.05, 0) is 75.0 Å². The molecule has 0 aliphatic carbocycles. The van der Waals surface area contributed by atoms with Crippen molar-refractivity contribution in [2.75, 3.05) is 19.6 Å². The van der Waals surface area contributed by atoms with Crippen LogP contribution < -0.4 is 11.1 Å². The third kappa shape index (κ3) is 5.62. The summed E-state index contributed by atoms with van der Waals surface area (Å²) in [4.78, 5) is 28.1. The van der Waals surface area contributed by atoms with Crippen molar-refractivity contribution in [2.24, 2.45) is 11.1 Å². The molecule has 5 rings (SSSR count). The molecule has 2 heterocycles. The molecule has 5 N–H and O–H groups in total. The number of carbonyl (C=O) groups is 2. The SMILES string of the molecule is CC1NC(N)=C(C(=O)O)C(c2cccc(Cl)c2Cl)C1(CCCN1CCC(c2ccccc2)(c2ccccc2)CC1)C(=O)O. The molecule has 0 radical (unpaired) electrons. The maximum absolute atomic E-state index is 13.2. The van der Waals surface area contributed by atoms with Crippen molar-refractivity contribution < 1.29 is 19.8 Å². The van der Waals surface area contributed by atoms with E-state index < -0.39 is 29.3 Å². The minimum absolute atomic E-state index is 0.0629. The van der Waals surface area contributed by atoms with Crippen molar-refractivity contribution in [3.8, 4) is 0 Å². The van der Waals surface area contributed by atoms with Crippen LogP contribution >= 0.6 is 23.2 Å². The molecule has 0 amide bonds. The second-order valence-corrected chi connectivity index (χ2v) is 12.5. The van der Waals surface area contributed by atoms with Crippen molar-refractivity contribution in [1.29, 1.82) is 0 Å². The van der Waals surface area contributed by atoms with Gasteiger partial charge in [-0.15, -0.1) is 0 Å². The first kappa shape index (κ1) is 30.9. The standard InChI is InChI=1S/C34H37Cl2N3O4/c1-22-34(32(42)43,28(27(31(40)41)30(37)38-22)25-14-8-15-26(35)29(25)36)16-9-19-39-20-17-33(18-21-39,23-10-4-2-5-11-23)24-12-6-3-7-13-24/h2-8,10-15,22,28,38H,9,16-21,37H2,1H3,(H,40,41)(H,42,43). The van der Waals surface area contributed by atoms with Crippen molar-refractivity contribution in [3.63, 3.8) is 0 Å². The summed E-state index contributed by atoms with van der Waals surface area (Å²) in [5.41, 5.74) is 7.31. The van der Waals surface area contributed by atoms with Gasteiger partial charge in [0.05, 0.1) is 21.0 Å². The highest BCUT2D eigenvalue weighted by atomic mass is 35.5. The van der Waals surface area contributed by atoms with Gasteiger partial charge in [0, 0.05) is 17.4 Å². The van der Waals surface area contributed by atoms with E-state index in [0.29, 0.717) is 18.5 Å². The first-order valence-corrected chi connectivity index (χ1v) is 15.4. The van der Waals surface area contributed by atoms with E-state index in [2.05, 4.69) is 58.7 Å². The Bertz CT molecular complexity index is 1470. The maximum atomic E-state index is 13.2. The lowest BCUT2D eigenvalue weighted by Gasteiger charge is -2.47.